The molecule has 0 aliphatic rings. The van der Waals surface area contributed by atoms with Gasteiger partial charge in [-0.05, 0) is 30.2 Å². The number of ketones is 1. The van der Waals surface area contributed by atoms with Crippen LogP contribution in [0.15, 0.2) is 17.5 Å². The highest BCUT2D eigenvalue weighted by Crippen LogP contribution is 2.16. The van der Waals surface area contributed by atoms with Gasteiger partial charge in [-0.15, -0.1) is 11.3 Å². The van der Waals surface area contributed by atoms with Crippen LogP contribution in [0.5, 0.6) is 0 Å². The first-order valence-corrected chi connectivity index (χ1v) is 6.76. The number of hydrogen-bond donors (Lipinski definition) is 1. The largest absolute Gasteiger partial charge is 0.330 e. The minimum Gasteiger partial charge on any atom is -0.330 e. The summed E-state index contributed by atoms with van der Waals surface area (Å²) in [6, 6.07) is 4.11. The normalized spacial score (nSPS) is 13.0. The van der Waals surface area contributed by atoms with Gasteiger partial charge in [0.1, 0.15) is 5.78 Å². The van der Waals surface area contributed by atoms with E-state index in [2.05, 4.69) is 19.9 Å². The fraction of sp³-hybridized carbons (Fsp3) is 0.615. The number of hydrogen-bond acceptors (Lipinski definition) is 3. The van der Waals surface area contributed by atoms with Crippen molar-refractivity contribution < 1.29 is 4.79 Å². The van der Waals surface area contributed by atoms with E-state index >= 15 is 0 Å². The molecule has 1 atom stereocenters. The van der Waals surface area contributed by atoms with Gasteiger partial charge in [0.05, 0.1) is 0 Å². The third kappa shape index (κ3) is 4.45. The summed E-state index contributed by atoms with van der Waals surface area (Å²) in [4.78, 5) is 13.2. The molecule has 2 N–H and O–H groups in total. The van der Waals surface area contributed by atoms with Gasteiger partial charge in [-0.2, -0.15) is 0 Å². The lowest BCUT2D eigenvalue weighted by Crippen LogP contribution is -2.25. The molecule has 0 saturated carbocycles. The molecule has 0 fully saturated rings. The average Bonchev–Trinajstić information content (AvgIpc) is 2.75. The molecule has 0 saturated heterocycles. The Morgan fingerprint density at radius 1 is 1.50 bits per heavy atom. The minimum absolute atomic E-state index is 0.0555. The predicted molar refractivity (Wildman–Crippen MR) is 69.6 cm³/mol. The molecule has 0 spiro atoms. The third-order valence-electron chi connectivity index (χ3n) is 2.69. The van der Waals surface area contributed by atoms with Gasteiger partial charge >= 0.3 is 0 Å². The van der Waals surface area contributed by atoms with Gasteiger partial charge in [0.25, 0.3) is 0 Å². The minimum atomic E-state index is 0.0555. The summed E-state index contributed by atoms with van der Waals surface area (Å²) in [6.07, 6.45) is 2.42. The van der Waals surface area contributed by atoms with E-state index in [1.165, 1.54) is 4.88 Å². The van der Waals surface area contributed by atoms with Crippen LogP contribution in [0.25, 0.3) is 0 Å². The van der Waals surface area contributed by atoms with E-state index < -0.39 is 0 Å². The zero-order valence-electron chi connectivity index (χ0n) is 10.1. The Morgan fingerprint density at radius 2 is 2.25 bits per heavy atom. The Labute approximate surface area is 102 Å². The van der Waals surface area contributed by atoms with E-state index in [4.69, 9.17) is 5.73 Å². The van der Waals surface area contributed by atoms with Crippen molar-refractivity contribution in [3.05, 3.63) is 22.4 Å². The molecule has 0 aromatic carbocycles. The first kappa shape index (κ1) is 13.4. The van der Waals surface area contributed by atoms with Crippen molar-refractivity contribution in [3.63, 3.8) is 0 Å². The molecular formula is C13H21NOS. The fourth-order valence-corrected chi connectivity index (χ4v) is 2.54. The maximum atomic E-state index is 11.9. The van der Waals surface area contributed by atoms with E-state index in [0.717, 1.165) is 12.8 Å². The SMILES string of the molecule is CC(C)CC(CN)C(=O)CCc1cccs1. The smallest absolute Gasteiger partial charge is 0.137 e. The Bertz CT molecular complexity index is 306. The Morgan fingerprint density at radius 3 is 2.75 bits per heavy atom. The van der Waals surface area contributed by atoms with Crippen LogP contribution in [0.2, 0.25) is 0 Å². The molecular weight excluding hydrogens is 218 g/mol. The van der Waals surface area contributed by atoms with Gasteiger partial charge in [-0.3, -0.25) is 4.79 Å². The molecule has 1 heterocycles. The number of Topliss-reactive ketones (excluding diaryl/α,β-unsaturated/α-hetero) is 1. The maximum Gasteiger partial charge on any atom is 0.137 e. The predicted octanol–water partition coefficient (Wildman–Crippen LogP) is 2.87. The zero-order valence-corrected chi connectivity index (χ0v) is 10.9. The van der Waals surface area contributed by atoms with Crippen LogP contribution in [0.3, 0.4) is 0 Å². The maximum absolute atomic E-state index is 11.9. The lowest BCUT2D eigenvalue weighted by molar-refractivity contribution is -0.123. The summed E-state index contributed by atoms with van der Waals surface area (Å²) in [5.74, 6) is 0.920. The van der Waals surface area contributed by atoms with Gasteiger partial charge in [0.15, 0.2) is 0 Å². The van der Waals surface area contributed by atoms with E-state index in [0.29, 0.717) is 24.7 Å². The van der Waals surface area contributed by atoms with Crippen LogP contribution >= 0.6 is 11.3 Å². The number of nitrogens with two attached hydrogens (primary N) is 1. The van der Waals surface area contributed by atoms with Crippen LogP contribution in [-0.4, -0.2) is 12.3 Å². The second kappa shape index (κ2) is 6.81. The first-order chi connectivity index (χ1) is 7.63. The van der Waals surface area contributed by atoms with Gasteiger partial charge in [-0.1, -0.05) is 19.9 Å². The molecule has 0 aliphatic heterocycles. The van der Waals surface area contributed by atoms with Crippen LogP contribution in [-0.2, 0) is 11.2 Å². The molecule has 90 valence electrons. The summed E-state index contributed by atoms with van der Waals surface area (Å²) < 4.78 is 0. The number of thiophene rings is 1. The van der Waals surface area contributed by atoms with Gasteiger partial charge in [0.2, 0.25) is 0 Å². The number of aryl methyl sites for hydroxylation is 1. The zero-order chi connectivity index (χ0) is 12.0. The molecule has 16 heavy (non-hydrogen) atoms. The molecule has 0 amide bonds. The number of rotatable bonds is 7. The summed E-state index contributed by atoms with van der Waals surface area (Å²) in [5, 5.41) is 2.05. The van der Waals surface area contributed by atoms with Crippen molar-refractivity contribution in [1.29, 1.82) is 0 Å². The monoisotopic (exact) mass is 239 g/mol. The van der Waals surface area contributed by atoms with Gasteiger partial charge in [-0.25, -0.2) is 0 Å². The Balaban J connectivity index is 2.37. The molecule has 0 aliphatic carbocycles. The van der Waals surface area contributed by atoms with E-state index in [1.54, 1.807) is 11.3 Å². The molecule has 2 nitrogen and oxygen atoms in total. The highest BCUT2D eigenvalue weighted by atomic mass is 32.1. The Kier molecular flexibility index (Phi) is 5.71. The molecule has 1 aromatic rings. The first-order valence-electron chi connectivity index (χ1n) is 5.88. The third-order valence-corrected chi connectivity index (χ3v) is 3.63. The topological polar surface area (TPSA) is 43.1 Å². The quantitative estimate of drug-likeness (QED) is 0.795. The highest BCUT2D eigenvalue weighted by Gasteiger charge is 2.17. The van der Waals surface area contributed by atoms with Gasteiger partial charge < -0.3 is 5.73 Å². The van der Waals surface area contributed by atoms with Crippen molar-refractivity contribution in [1.82, 2.24) is 0 Å². The second-order valence-corrected chi connectivity index (χ2v) is 5.64. The number of carbonyl (C=O) groups excluding carboxylic acids is 1. The standard InChI is InChI=1S/C13H21NOS/c1-10(2)8-11(9-14)13(15)6-5-12-4-3-7-16-12/h3-4,7,10-11H,5-6,8-9,14H2,1-2H3. The van der Waals surface area contributed by atoms with Crippen molar-refractivity contribution in [2.45, 2.75) is 33.1 Å². The Hall–Kier alpha value is -0.670. The van der Waals surface area contributed by atoms with Gasteiger partial charge in [0, 0.05) is 23.8 Å². The van der Waals surface area contributed by atoms with E-state index in [9.17, 15) is 4.79 Å². The lowest BCUT2D eigenvalue weighted by atomic mass is 9.91. The van der Waals surface area contributed by atoms with Crippen molar-refractivity contribution in [2.75, 3.05) is 6.54 Å². The van der Waals surface area contributed by atoms with E-state index in [-0.39, 0.29) is 5.92 Å². The number of carbonyl (C=O) groups is 1. The average molecular weight is 239 g/mol. The molecule has 1 unspecified atom stereocenters. The second-order valence-electron chi connectivity index (χ2n) is 4.61. The van der Waals surface area contributed by atoms with Crippen molar-refractivity contribution in [2.24, 2.45) is 17.6 Å². The molecule has 1 rings (SSSR count). The van der Waals surface area contributed by atoms with Crippen LogP contribution in [0.4, 0.5) is 0 Å². The highest BCUT2D eigenvalue weighted by molar-refractivity contribution is 7.09. The molecule has 3 heteroatoms. The molecule has 0 bridgehead atoms. The van der Waals surface area contributed by atoms with Crippen LogP contribution in [0, 0.1) is 11.8 Å². The molecule has 0 radical (unpaired) electrons. The van der Waals surface area contributed by atoms with Crippen LogP contribution < -0.4 is 5.73 Å². The fourth-order valence-electron chi connectivity index (χ4n) is 1.83. The van der Waals surface area contributed by atoms with Crippen molar-refractivity contribution in [3.8, 4) is 0 Å². The van der Waals surface area contributed by atoms with E-state index in [1.807, 2.05) is 11.4 Å². The summed E-state index contributed by atoms with van der Waals surface area (Å²) in [5.41, 5.74) is 5.65. The van der Waals surface area contributed by atoms with Crippen LogP contribution in [0.1, 0.15) is 31.6 Å². The lowest BCUT2D eigenvalue weighted by Gasteiger charge is -2.15. The van der Waals surface area contributed by atoms with Crippen molar-refractivity contribution >= 4 is 17.1 Å². The summed E-state index contributed by atoms with van der Waals surface area (Å²) in [7, 11) is 0. The molecule has 1 aromatic heterocycles. The summed E-state index contributed by atoms with van der Waals surface area (Å²) in [6.45, 7) is 4.76. The summed E-state index contributed by atoms with van der Waals surface area (Å²) >= 11 is 1.71.